The summed E-state index contributed by atoms with van der Waals surface area (Å²) in [7, 11) is 0. The van der Waals surface area contributed by atoms with Gasteiger partial charge in [0, 0.05) is 11.6 Å². The highest BCUT2D eigenvalue weighted by molar-refractivity contribution is 7.07. The lowest BCUT2D eigenvalue weighted by Gasteiger charge is -2.01. The molecule has 2 aromatic heterocycles. The minimum atomic E-state index is 0.509. The van der Waals surface area contributed by atoms with E-state index in [1.807, 2.05) is 17.5 Å². The predicted molar refractivity (Wildman–Crippen MR) is 50.7 cm³/mol. The fraction of sp³-hybridized carbons (Fsp3) is 0.111. The number of nitrogens with zero attached hydrogens (tertiary/aromatic N) is 2. The molecule has 66 valence electrons. The number of pyridine rings is 1. The van der Waals surface area contributed by atoms with E-state index in [1.54, 1.807) is 29.2 Å². The van der Waals surface area contributed by atoms with Crippen molar-refractivity contribution in [3.05, 3.63) is 41.1 Å². The van der Waals surface area contributed by atoms with Gasteiger partial charge in [0.15, 0.2) is 0 Å². The Morgan fingerprint density at radius 2 is 2.46 bits per heavy atom. The molecule has 2 rings (SSSR count). The third-order valence-electron chi connectivity index (χ3n) is 1.50. The second-order valence-corrected chi connectivity index (χ2v) is 3.18. The SMILES string of the molecule is c1cncc(OCc2cscn2)c1. The summed E-state index contributed by atoms with van der Waals surface area (Å²) < 4.78 is 5.43. The van der Waals surface area contributed by atoms with Crippen LogP contribution >= 0.6 is 11.3 Å². The molecule has 0 unspecified atom stereocenters. The fourth-order valence-electron chi connectivity index (χ4n) is 0.899. The second-order valence-electron chi connectivity index (χ2n) is 2.46. The Balaban J connectivity index is 1.94. The average molecular weight is 192 g/mol. The van der Waals surface area contributed by atoms with Crippen LogP contribution in [0.15, 0.2) is 35.4 Å². The van der Waals surface area contributed by atoms with Crippen LogP contribution in [0.4, 0.5) is 0 Å². The first-order chi connectivity index (χ1) is 6.45. The Labute approximate surface area is 80.0 Å². The fourth-order valence-corrected chi connectivity index (χ4v) is 1.44. The van der Waals surface area contributed by atoms with Crippen LogP contribution in [0.3, 0.4) is 0 Å². The van der Waals surface area contributed by atoms with Gasteiger partial charge in [0.25, 0.3) is 0 Å². The van der Waals surface area contributed by atoms with E-state index in [4.69, 9.17) is 4.74 Å². The zero-order chi connectivity index (χ0) is 8.93. The van der Waals surface area contributed by atoms with Crippen molar-refractivity contribution in [3.8, 4) is 5.75 Å². The first kappa shape index (κ1) is 8.19. The zero-order valence-electron chi connectivity index (χ0n) is 6.88. The molecule has 4 heteroatoms. The highest BCUT2D eigenvalue weighted by atomic mass is 32.1. The maximum absolute atomic E-state index is 5.43. The Morgan fingerprint density at radius 1 is 1.46 bits per heavy atom. The van der Waals surface area contributed by atoms with Crippen LogP contribution in [0.2, 0.25) is 0 Å². The summed E-state index contributed by atoms with van der Waals surface area (Å²) in [5, 5.41) is 1.97. The van der Waals surface area contributed by atoms with Gasteiger partial charge in [-0.1, -0.05) is 0 Å². The van der Waals surface area contributed by atoms with Gasteiger partial charge < -0.3 is 4.74 Å². The lowest BCUT2D eigenvalue weighted by atomic mass is 10.4. The largest absolute Gasteiger partial charge is 0.486 e. The molecule has 2 heterocycles. The summed E-state index contributed by atoms with van der Waals surface area (Å²) in [5.41, 5.74) is 2.75. The van der Waals surface area contributed by atoms with Crippen molar-refractivity contribution >= 4 is 11.3 Å². The maximum Gasteiger partial charge on any atom is 0.138 e. The summed E-state index contributed by atoms with van der Waals surface area (Å²) in [6.07, 6.45) is 3.40. The molecular formula is C9H8N2OS. The molecule has 0 aromatic carbocycles. The monoisotopic (exact) mass is 192 g/mol. The van der Waals surface area contributed by atoms with Gasteiger partial charge >= 0.3 is 0 Å². The molecule has 0 aliphatic rings. The van der Waals surface area contributed by atoms with E-state index in [9.17, 15) is 0 Å². The van der Waals surface area contributed by atoms with Crippen molar-refractivity contribution in [2.24, 2.45) is 0 Å². The first-order valence-corrected chi connectivity index (χ1v) is 4.79. The number of thiazole rings is 1. The normalized spacial score (nSPS) is 9.85. The Kier molecular flexibility index (Phi) is 2.52. The van der Waals surface area contributed by atoms with Crippen LogP contribution < -0.4 is 4.74 Å². The average Bonchev–Trinajstić information content (AvgIpc) is 2.69. The topological polar surface area (TPSA) is 35.0 Å². The summed E-state index contributed by atoms with van der Waals surface area (Å²) >= 11 is 1.57. The van der Waals surface area contributed by atoms with Crippen molar-refractivity contribution in [1.82, 2.24) is 9.97 Å². The summed E-state index contributed by atoms with van der Waals surface area (Å²) in [6.45, 7) is 0.509. The highest BCUT2D eigenvalue weighted by Crippen LogP contribution is 2.09. The first-order valence-electron chi connectivity index (χ1n) is 3.85. The molecule has 0 fully saturated rings. The molecule has 0 aliphatic carbocycles. The number of ether oxygens (including phenoxy) is 1. The highest BCUT2D eigenvalue weighted by Gasteiger charge is 1.95. The van der Waals surface area contributed by atoms with Gasteiger partial charge in [0.05, 0.1) is 17.4 Å². The smallest absolute Gasteiger partial charge is 0.138 e. The lowest BCUT2D eigenvalue weighted by molar-refractivity contribution is 0.301. The Hall–Kier alpha value is -1.42. The van der Waals surface area contributed by atoms with Crippen molar-refractivity contribution in [2.75, 3.05) is 0 Å². The third-order valence-corrected chi connectivity index (χ3v) is 2.14. The summed E-state index contributed by atoms with van der Waals surface area (Å²) in [4.78, 5) is 8.05. The van der Waals surface area contributed by atoms with Gasteiger partial charge in [-0.3, -0.25) is 4.98 Å². The van der Waals surface area contributed by atoms with Crippen LogP contribution in [0.1, 0.15) is 5.69 Å². The number of aromatic nitrogens is 2. The van der Waals surface area contributed by atoms with Crippen molar-refractivity contribution < 1.29 is 4.74 Å². The molecule has 0 saturated heterocycles. The molecular weight excluding hydrogens is 184 g/mol. The van der Waals surface area contributed by atoms with E-state index in [1.165, 1.54) is 0 Å². The molecule has 0 spiro atoms. The van der Waals surface area contributed by atoms with E-state index >= 15 is 0 Å². The zero-order valence-corrected chi connectivity index (χ0v) is 7.70. The van der Waals surface area contributed by atoms with Gasteiger partial charge in [0.2, 0.25) is 0 Å². The van der Waals surface area contributed by atoms with Gasteiger partial charge in [0.1, 0.15) is 12.4 Å². The van der Waals surface area contributed by atoms with E-state index < -0.39 is 0 Å². The van der Waals surface area contributed by atoms with Gasteiger partial charge in [-0.05, 0) is 12.1 Å². The molecule has 0 bridgehead atoms. The maximum atomic E-state index is 5.43. The quantitative estimate of drug-likeness (QED) is 0.747. The van der Waals surface area contributed by atoms with E-state index in [0.29, 0.717) is 6.61 Å². The number of hydrogen-bond donors (Lipinski definition) is 0. The Morgan fingerprint density at radius 3 is 3.15 bits per heavy atom. The van der Waals surface area contributed by atoms with E-state index in [-0.39, 0.29) is 0 Å². The van der Waals surface area contributed by atoms with Crippen LogP contribution in [-0.2, 0) is 6.61 Å². The van der Waals surface area contributed by atoms with Crippen molar-refractivity contribution in [1.29, 1.82) is 0 Å². The van der Waals surface area contributed by atoms with Crippen molar-refractivity contribution in [2.45, 2.75) is 6.61 Å². The van der Waals surface area contributed by atoms with Crippen molar-refractivity contribution in [3.63, 3.8) is 0 Å². The molecule has 0 N–H and O–H groups in total. The standard InChI is InChI=1S/C9H8N2OS/c1-2-9(4-10-3-1)12-5-8-6-13-7-11-8/h1-4,6-7H,5H2. The van der Waals surface area contributed by atoms with Crippen LogP contribution in [0.25, 0.3) is 0 Å². The molecule has 0 saturated carbocycles. The summed E-state index contributed by atoms with van der Waals surface area (Å²) in [6, 6.07) is 3.72. The summed E-state index contributed by atoms with van der Waals surface area (Å²) in [5.74, 6) is 0.774. The molecule has 0 atom stereocenters. The molecule has 0 radical (unpaired) electrons. The molecule has 0 aliphatic heterocycles. The lowest BCUT2D eigenvalue weighted by Crippen LogP contribution is -1.95. The predicted octanol–water partition coefficient (Wildman–Crippen LogP) is 2.12. The third kappa shape index (κ3) is 2.26. The van der Waals surface area contributed by atoms with Gasteiger partial charge in [-0.25, -0.2) is 4.98 Å². The Bertz CT molecular complexity index is 347. The van der Waals surface area contributed by atoms with Gasteiger partial charge in [-0.15, -0.1) is 11.3 Å². The second kappa shape index (κ2) is 4.00. The van der Waals surface area contributed by atoms with Crippen LogP contribution in [-0.4, -0.2) is 9.97 Å². The molecule has 13 heavy (non-hydrogen) atoms. The van der Waals surface area contributed by atoms with Crippen LogP contribution in [0, 0.1) is 0 Å². The number of rotatable bonds is 3. The van der Waals surface area contributed by atoms with E-state index in [2.05, 4.69) is 9.97 Å². The van der Waals surface area contributed by atoms with Crippen LogP contribution in [0.5, 0.6) is 5.75 Å². The number of hydrogen-bond acceptors (Lipinski definition) is 4. The van der Waals surface area contributed by atoms with Gasteiger partial charge in [-0.2, -0.15) is 0 Å². The molecule has 3 nitrogen and oxygen atoms in total. The molecule has 0 amide bonds. The molecule has 2 aromatic rings. The minimum Gasteiger partial charge on any atom is -0.486 e. The minimum absolute atomic E-state index is 0.509. The van der Waals surface area contributed by atoms with E-state index in [0.717, 1.165) is 11.4 Å².